The van der Waals surface area contributed by atoms with Crippen LogP contribution in [0.25, 0.3) is 10.9 Å². The first-order chi connectivity index (χ1) is 11.5. The lowest BCUT2D eigenvalue weighted by molar-refractivity contribution is -0.137. The van der Waals surface area contributed by atoms with E-state index < -0.39 is 30.2 Å². The summed E-state index contributed by atoms with van der Waals surface area (Å²) in [5.41, 5.74) is 6.14. The van der Waals surface area contributed by atoms with Gasteiger partial charge in [0.2, 0.25) is 0 Å². The molecule has 0 saturated carbocycles. The number of carbonyl (C=O) groups excluding carboxylic acids is 1. The zero-order chi connectivity index (χ0) is 18.6. The number of aliphatic carboxylic acids is 1. The molecule has 8 heteroatoms. The summed E-state index contributed by atoms with van der Waals surface area (Å²) in [6.45, 7) is 7.60. The summed E-state index contributed by atoms with van der Waals surface area (Å²) in [4.78, 5) is 22.8. The fraction of sp³-hybridized carbons (Fsp3) is 0.412. The first kappa shape index (κ1) is 17.5. The lowest BCUT2D eigenvalue weighted by Crippen LogP contribution is -2.41. The van der Waals surface area contributed by atoms with Crippen LogP contribution < -0.4 is 11.2 Å². The molecule has 2 aromatic rings. The average molecular weight is 344 g/mol. The van der Waals surface area contributed by atoms with E-state index in [1.807, 2.05) is 33.8 Å². The van der Waals surface area contributed by atoms with Crippen LogP contribution in [0, 0.1) is 0 Å². The number of rotatable bonds is 4. The van der Waals surface area contributed by atoms with Crippen molar-refractivity contribution in [2.75, 3.05) is 0 Å². The molecule has 1 aliphatic heterocycles. The van der Waals surface area contributed by atoms with Crippen LogP contribution in [0.1, 0.15) is 38.1 Å². The summed E-state index contributed by atoms with van der Waals surface area (Å²) in [6.07, 6.45) is 1.47. The Hall–Kier alpha value is -2.32. The lowest BCUT2D eigenvalue weighted by Gasteiger charge is -2.32. The van der Waals surface area contributed by atoms with E-state index in [0.717, 1.165) is 5.46 Å². The number of carbonyl (C=O) groups is 2. The number of carboxylic acid groups (broad SMARTS) is 1. The number of benzene rings is 1. The molecule has 0 spiro atoms. The summed E-state index contributed by atoms with van der Waals surface area (Å²) >= 11 is 0. The van der Waals surface area contributed by atoms with Gasteiger partial charge in [0.1, 0.15) is 6.54 Å². The Labute approximate surface area is 145 Å². The third-order valence-corrected chi connectivity index (χ3v) is 5.00. The molecule has 1 aromatic carbocycles. The third-order valence-electron chi connectivity index (χ3n) is 5.00. The van der Waals surface area contributed by atoms with E-state index in [-0.39, 0.29) is 12.1 Å². The number of nitrogens with zero attached hydrogens (tertiary/aromatic N) is 1. The van der Waals surface area contributed by atoms with Gasteiger partial charge in [-0.05, 0) is 39.2 Å². The van der Waals surface area contributed by atoms with Gasteiger partial charge in [0.05, 0.1) is 16.8 Å². The molecule has 1 saturated heterocycles. The molecule has 0 radical (unpaired) electrons. The van der Waals surface area contributed by atoms with Gasteiger partial charge >= 0.3 is 13.1 Å². The van der Waals surface area contributed by atoms with E-state index >= 15 is 0 Å². The van der Waals surface area contributed by atoms with Crippen LogP contribution in [0.15, 0.2) is 24.4 Å². The van der Waals surface area contributed by atoms with Crippen molar-refractivity contribution >= 4 is 35.4 Å². The Balaban J connectivity index is 2.07. The fourth-order valence-electron chi connectivity index (χ4n) is 2.91. The highest BCUT2D eigenvalue weighted by Crippen LogP contribution is 2.36. The smallest absolute Gasteiger partial charge is 0.480 e. The Morgan fingerprint density at radius 1 is 1.20 bits per heavy atom. The van der Waals surface area contributed by atoms with Gasteiger partial charge in [0, 0.05) is 17.1 Å². The highest BCUT2D eigenvalue weighted by Gasteiger charge is 2.51. The zero-order valence-corrected chi connectivity index (χ0v) is 14.7. The predicted molar refractivity (Wildman–Crippen MR) is 93.8 cm³/mol. The number of hydrogen-bond acceptors (Lipinski definition) is 4. The monoisotopic (exact) mass is 344 g/mol. The molecule has 0 unspecified atom stereocenters. The highest BCUT2D eigenvalue weighted by atomic mass is 16.7. The topological polar surface area (TPSA) is 104 Å². The average Bonchev–Trinajstić information content (AvgIpc) is 2.93. The van der Waals surface area contributed by atoms with Gasteiger partial charge in [-0.2, -0.15) is 0 Å². The van der Waals surface area contributed by atoms with Gasteiger partial charge in [-0.1, -0.05) is 12.1 Å². The number of primary amides is 1. The van der Waals surface area contributed by atoms with E-state index in [0.29, 0.717) is 10.9 Å². The molecule has 0 bridgehead atoms. The first-order valence-corrected chi connectivity index (χ1v) is 8.02. The van der Waals surface area contributed by atoms with Crippen LogP contribution in [-0.2, 0) is 20.6 Å². The predicted octanol–water partition coefficient (Wildman–Crippen LogP) is 1.12. The summed E-state index contributed by atoms with van der Waals surface area (Å²) in [7, 11) is -0.571. The molecule has 1 amide bonds. The lowest BCUT2D eigenvalue weighted by atomic mass is 9.78. The number of nitrogens with two attached hydrogens (primary N) is 1. The van der Waals surface area contributed by atoms with E-state index in [2.05, 4.69) is 0 Å². The van der Waals surface area contributed by atoms with Crippen molar-refractivity contribution in [1.29, 1.82) is 0 Å². The number of aromatic nitrogens is 1. The molecule has 1 aromatic heterocycles. The minimum absolute atomic E-state index is 0.250. The van der Waals surface area contributed by atoms with Crippen molar-refractivity contribution in [3.8, 4) is 0 Å². The molecule has 25 heavy (non-hydrogen) atoms. The van der Waals surface area contributed by atoms with Crippen LogP contribution in [0.5, 0.6) is 0 Å². The van der Waals surface area contributed by atoms with Gasteiger partial charge in [0.15, 0.2) is 0 Å². The minimum atomic E-state index is -0.997. The van der Waals surface area contributed by atoms with Crippen LogP contribution in [-0.4, -0.2) is 39.9 Å². The van der Waals surface area contributed by atoms with Crippen molar-refractivity contribution in [3.63, 3.8) is 0 Å². The van der Waals surface area contributed by atoms with Crippen molar-refractivity contribution in [2.45, 2.75) is 45.4 Å². The Morgan fingerprint density at radius 3 is 2.32 bits per heavy atom. The number of fused-ring (bicyclic) bond motifs is 1. The van der Waals surface area contributed by atoms with Crippen LogP contribution >= 0.6 is 0 Å². The van der Waals surface area contributed by atoms with Crippen molar-refractivity contribution in [3.05, 3.63) is 30.0 Å². The fourth-order valence-corrected chi connectivity index (χ4v) is 2.91. The molecule has 7 nitrogen and oxygen atoms in total. The highest BCUT2D eigenvalue weighted by molar-refractivity contribution is 6.62. The van der Waals surface area contributed by atoms with Gasteiger partial charge < -0.3 is 24.7 Å². The van der Waals surface area contributed by atoms with Gasteiger partial charge in [-0.25, -0.2) is 0 Å². The summed E-state index contributed by atoms with van der Waals surface area (Å²) < 4.78 is 13.6. The van der Waals surface area contributed by atoms with E-state index in [4.69, 9.17) is 20.1 Å². The second-order valence-electron chi connectivity index (χ2n) is 7.29. The Kier molecular flexibility index (Phi) is 3.93. The molecular formula is C17H21BN2O5. The van der Waals surface area contributed by atoms with Crippen LogP contribution in [0.4, 0.5) is 0 Å². The SMILES string of the molecule is CC1(C)OB(c2ccc3c(c2)c(C(N)=O)cn3CC(=O)O)OC1(C)C. The molecule has 3 rings (SSSR count). The molecule has 0 atom stereocenters. The summed E-state index contributed by atoms with van der Waals surface area (Å²) in [5.74, 6) is -1.61. The molecule has 1 fully saturated rings. The number of carboxylic acids is 1. The molecule has 132 valence electrons. The van der Waals surface area contributed by atoms with Crippen molar-refractivity contribution < 1.29 is 24.0 Å². The molecule has 3 N–H and O–H groups in total. The van der Waals surface area contributed by atoms with Crippen molar-refractivity contribution in [2.24, 2.45) is 5.73 Å². The quantitative estimate of drug-likeness (QED) is 0.809. The van der Waals surface area contributed by atoms with Gasteiger partial charge in [-0.15, -0.1) is 0 Å². The summed E-state index contributed by atoms with van der Waals surface area (Å²) in [6, 6.07) is 5.34. The second-order valence-corrected chi connectivity index (χ2v) is 7.29. The summed E-state index contributed by atoms with van der Waals surface area (Å²) in [5, 5.41) is 9.62. The van der Waals surface area contributed by atoms with Gasteiger partial charge in [0.25, 0.3) is 5.91 Å². The van der Waals surface area contributed by atoms with E-state index in [1.54, 1.807) is 12.1 Å². The first-order valence-electron chi connectivity index (χ1n) is 8.02. The van der Waals surface area contributed by atoms with E-state index in [9.17, 15) is 9.59 Å². The van der Waals surface area contributed by atoms with Crippen LogP contribution in [0.2, 0.25) is 0 Å². The molecule has 0 aliphatic carbocycles. The molecule has 1 aliphatic rings. The van der Waals surface area contributed by atoms with Gasteiger partial charge in [-0.3, -0.25) is 9.59 Å². The maximum Gasteiger partial charge on any atom is 0.494 e. The number of amides is 1. The maximum absolute atomic E-state index is 11.8. The van der Waals surface area contributed by atoms with Crippen LogP contribution in [0.3, 0.4) is 0 Å². The second kappa shape index (κ2) is 5.61. The molecule has 2 heterocycles. The van der Waals surface area contributed by atoms with E-state index in [1.165, 1.54) is 10.8 Å². The van der Waals surface area contributed by atoms with Crippen molar-refractivity contribution in [1.82, 2.24) is 4.57 Å². The third kappa shape index (κ3) is 2.92. The number of hydrogen-bond donors (Lipinski definition) is 2. The largest absolute Gasteiger partial charge is 0.494 e. The minimum Gasteiger partial charge on any atom is -0.480 e. The zero-order valence-electron chi connectivity index (χ0n) is 14.7. The molecular weight excluding hydrogens is 323 g/mol. The maximum atomic E-state index is 11.8. The standard InChI is InChI=1S/C17H21BN2O5/c1-16(2)17(3,4)25-18(24-16)10-5-6-13-11(7-10)12(15(19)23)8-20(13)9-14(21)22/h5-8H,9H2,1-4H3,(H2,19,23)(H,21,22). The Morgan fingerprint density at radius 2 is 1.80 bits per heavy atom. The normalized spacial score (nSPS) is 18.6. The Bertz CT molecular complexity index is 855.